The molecule has 0 radical (unpaired) electrons. The second kappa shape index (κ2) is 8.35. The maximum atomic E-state index is 14.7. The molecule has 0 saturated heterocycles. The van der Waals surface area contributed by atoms with Crippen LogP contribution in [-0.4, -0.2) is 24.0 Å². The standard InChI is InChI=1S/C28H29F2N3O2S/c1-2-36(34,35)32-17-24-19(4-3-5-25(24)30)10-12-27-13-11-21-14-26-20(15-28(21,27)18-27)16-31-33(26)23-8-6-22(29)7-9-23/h3-9,14,16,32H,2,10-13,15,17-18H2,1H3/t27-,28?/m1/s1. The first-order valence-corrected chi connectivity index (χ1v) is 14.2. The van der Waals surface area contributed by atoms with E-state index in [0.717, 1.165) is 55.5 Å². The lowest BCUT2D eigenvalue weighted by Gasteiger charge is -2.24. The summed E-state index contributed by atoms with van der Waals surface area (Å²) in [7, 11) is -3.40. The molecular formula is C28H29F2N3O2S. The topological polar surface area (TPSA) is 64.0 Å². The van der Waals surface area contributed by atoms with Crippen LogP contribution in [0.5, 0.6) is 0 Å². The number of benzene rings is 2. The summed E-state index contributed by atoms with van der Waals surface area (Å²) >= 11 is 0. The van der Waals surface area contributed by atoms with Crippen molar-refractivity contribution in [1.29, 1.82) is 0 Å². The number of hydrogen-bond donors (Lipinski definition) is 1. The molecule has 3 aromatic rings. The fraction of sp³-hybridized carbons (Fsp3) is 0.393. The van der Waals surface area contributed by atoms with Crippen molar-refractivity contribution in [3.05, 3.63) is 88.3 Å². The number of rotatable bonds is 8. The maximum absolute atomic E-state index is 14.7. The molecule has 2 fully saturated rings. The lowest BCUT2D eigenvalue weighted by atomic mass is 9.80. The highest BCUT2D eigenvalue weighted by Crippen LogP contribution is 2.79. The van der Waals surface area contributed by atoms with E-state index in [2.05, 4.69) is 15.9 Å². The van der Waals surface area contributed by atoms with Crippen LogP contribution in [0.1, 0.15) is 55.0 Å². The van der Waals surface area contributed by atoms with Gasteiger partial charge in [0.25, 0.3) is 0 Å². The van der Waals surface area contributed by atoms with Crippen molar-refractivity contribution >= 4 is 16.1 Å². The summed E-state index contributed by atoms with van der Waals surface area (Å²) in [6.45, 7) is 1.55. The van der Waals surface area contributed by atoms with Gasteiger partial charge in [-0.3, -0.25) is 0 Å². The Bertz CT molecular complexity index is 1480. The van der Waals surface area contributed by atoms with Crippen LogP contribution >= 0.6 is 0 Å². The minimum absolute atomic E-state index is 0.0204. The molecule has 2 atom stereocenters. The second-order valence-electron chi connectivity index (χ2n) is 10.4. The first-order chi connectivity index (χ1) is 17.3. The average molecular weight is 510 g/mol. The van der Waals surface area contributed by atoms with Crippen molar-refractivity contribution in [2.45, 2.75) is 52.0 Å². The van der Waals surface area contributed by atoms with Crippen LogP contribution in [0.15, 0.2) is 54.2 Å². The van der Waals surface area contributed by atoms with Crippen molar-refractivity contribution < 1.29 is 17.2 Å². The van der Waals surface area contributed by atoms with E-state index in [-0.39, 0.29) is 34.8 Å². The normalized spacial score (nSPS) is 24.1. The van der Waals surface area contributed by atoms with Gasteiger partial charge in [0, 0.05) is 17.5 Å². The van der Waals surface area contributed by atoms with Crippen molar-refractivity contribution in [3.63, 3.8) is 0 Å². The summed E-state index contributed by atoms with van der Waals surface area (Å²) in [5.74, 6) is -0.659. The number of hydrogen-bond acceptors (Lipinski definition) is 3. The maximum Gasteiger partial charge on any atom is 0.211 e. The Morgan fingerprint density at radius 1 is 1.14 bits per heavy atom. The van der Waals surface area contributed by atoms with Gasteiger partial charge in [-0.1, -0.05) is 17.7 Å². The Balaban J connectivity index is 1.22. The third kappa shape index (κ3) is 3.73. The molecule has 2 aromatic carbocycles. The smallest absolute Gasteiger partial charge is 0.211 e. The highest BCUT2D eigenvalue weighted by Gasteiger charge is 2.71. The zero-order chi connectivity index (χ0) is 25.1. The highest BCUT2D eigenvalue weighted by molar-refractivity contribution is 7.89. The zero-order valence-electron chi connectivity index (χ0n) is 20.2. The van der Waals surface area contributed by atoms with E-state index >= 15 is 0 Å². The third-order valence-corrected chi connectivity index (χ3v) is 10.1. The molecule has 5 nitrogen and oxygen atoms in total. The Morgan fingerprint density at radius 3 is 2.72 bits per heavy atom. The number of allylic oxidation sites excluding steroid dienone is 1. The Kier molecular flexibility index (Phi) is 5.46. The van der Waals surface area contributed by atoms with Crippen LogP contribution in [0, 0.1) is 22.5 Å². The molecule has 3 aliphatic carbocycles. The van der Waals surface area contributed by atoms with Gasteiger partial charge < -0.3 is 0 Å². The molecule has 2 saturated carbocycles. The first-order valence-electron chi connectivity index (χ1n) is 12.5. The van der Waals surface area contributed by atoms with E-state index in [9.17, 15) is 17.2 Å². The molecule has 3 aliphatic rings. The number of nitrogens with one attached hydrogen (secondary N) is 1. The van der Waals surface area contributed by atoms with E-state index in [0.29, 0.717) is 5.56 Å². The van der Waals surface area contributed by atoms with E-state index < -0.39 is 10.0 Å². The number of fused-ring (bicyclic) bond motifs is 1. The molecule has 1 spiro atoms. The Labute approximate surface area is 210 Å². The third-order valence-electron chi connectivity index (χ3n) is 8.72. The fourth-order valence-corrected chi connectivity index (χ4v) is 7.18. The monoisotopic (exact) mass is 509 g/mol. The van der Waals surface area contributed by atoms with Crippen molar-refractivity contribution in [2.24, 2.45) is 10.8 Å². The predicted molar refractivity (Wildman–Crippen MR) is 135 cm³/mol. The summed E-state index contributed by atoms with van der Waals surface area (Å²) in [6, 6.07) is 11.4. The minimum Gasteiger partial charge on any atom is -0.233 e. The summed E-state index contributed by atoms with van der Waals surface area (Å²) in [5, 5.41) is 4.61. The van der Waals surface area contributed by atoms with Crippen LogP contribution in [0.2, 0.25) is 0 Å². The zero-order valence-corrected chi connectivity index (χ0v) is 21.0. The van der Waals surface area contributed by atoms with Gasteiger partial charge in [0.2, 0.25) is 10.0 Å². The van der Waals surface area contributed by atoms with Gasteiger partial charge in [0.15, 0.2) is 0 Å². The van der Waals surface area contributed by atoms with Gasteiger partial charge in [0.05, 0.1) is 23.3 Å². The van der Waals surface area contributed by atoms with E-state index in [1.165, 1.54) is 29.3 Å². The molecular weight excluding hydrogens is 480 g/mol. The predicted octanol–water partition coefficient (Wildman–Crippen LogP) is 5.33. The number of halogens is 2. The first kappa shape index (κ1) is 23.6. The molecule has 1 unspecified atom stereocenters. The number of aromatic nitrogens is 2. The number of aryl methyl sites for hydroxylation is 1. The van der Waals surface area contributed by atoms with Gasteiger partial charge in [-0.25, -0.2) is 26.6 Å². The largest absolute Gasteiger partial charge is 0.233 e. The lowest BCUT2D eigenvalue weighted by Crippen LogP contribution is -2.26. The molecule has 0 amide bonds. The highest BCUT2D eigenvalue weighted by atomic mass is 32.2. The molecule has 0 aliphatic heterocycles. The second-order valence-corrected chi connectivity index (χ2v) is 12.5. The molecule has 1 heterocycles. The van der Waals surface area contributed by atoms with Crippen molar-refractivity contribution in [2.75, 3.05) is 5.75 Å². The van der Waals surface area contributed by atoms with Crippen LogP contribution in [0.3, 0.4) is 0 Å². The van der Waals surface area contributed by atoms with Gasteiger partial charge >= 0.3 is 0 Å². The van der Waals surface area contributed by atoms with Crippen LogP contribution < -0.4 is 4.72 Å². The van der Waals surface area contributed by atoms with Crippen LogP contribution in [0.4, 0.5) is 8.78 Å². The summed E-state index contributed by atoms with van der Waals surface area (Å²) in [5.41, 5.74) is 6.28. The van der Waals surface area contributed by atoms with E-state index in [1.54, 1.807) is 25.1 Å². The van der Waals surface area contributed by atoms with Crippen molar-refractivity contribution in [3.8, 4) is 5.69 Å². The van der Waals surface area contributed by atoms with Crippen LogP contribution in [0.25, 0.3) is 11.8 Å². The quantitative estimate of drug-likeness (QED) is 0.446. The number of sulfonamides is 1. The summed E-state index contributed by atoms with van der Waals surface area (Å²) in [4.78, 5) is 0. The molecule has 8 heteroatoms. The van der Waals surface area contributed by atoms with E-state index in [4.69, 9.17) is 0 Å². The van der Waals surface area contributed by atoms with Crippen LogP contribution in [-0.2, 0) is 29.4 Å². The molecule has 188 valence electrons. The molecule has 6 rings (SSSR count). The van der Waals surface area contributed by atoms with Crippen molar-refractivity contribution in [1.82, 2.24) is 14.5 Å². The average Bonchev–Trinajstić information content (AvgIpc) is 3.14. The van der Waals surface area contributed by atoms with Gasteiger partial charge in [-0.05, 0) is 98.4 Å². The molecule has 36 heavy (non-hydrogen) atoms. The molecule has 0 bridgehead atoms. The fourth-order valence-electron chi connectivity index (χ4n) is 6.61. The van der Waals surface area contributed by atoms with Gasteiger partial charge in [0.1, 0.15) is 11.6 Å². The summed E-state index contributed by atoms with van der Waals surface area (Å²) in [6.07, 6.45) is 10.1. The van der Waals surface area contributed by atoms with Gasteiger partial charge in [-0.15, -0.1) is 0 Å². The van der Waals surface area contributed by atoms with Gasteiger partial charge in [-0.2, -0.15) is 5.10 Å². The molecule has 1 aromatic heterocycles. The lowest BCUT2D eigenvalue weighted by molar-refractivity contribution is 0.382. The SMILES string of the molecule is CCS(=O)(=O)NCc1c(F)cccc1CC[C@]12CCC3=Cc4c(cnn4-c4ccc(F)cc4)CC31C2. The Morgan fingerprint density at radius 2 is 1.94 bits per heavy atom. The molecule has 1 N–H and O–H groups in total. The minimum atomic E-state index is -3.40. The summed E-state index contributed by atoms with van der Waals surface area (Å²) < 4.78 is 56.3. The Hall–Kier alpha value is -2.84. The number of nitrogens with zero attached hydrogens (tertiary/aromatic N) is 2. The van der Waals surface area contributed by atoms with E-state index in [1.807, 2.05) is 16.9 Å².